The maximum Gasteiger partial charge on any atom is 0.331 e. The minimum absolute atomic E-state index is 0.436. The largest absolute Gasteiger partial charge is 0.458 e. The molecule has 0 radical (unpaired) electrons. The fourth-order valence-electron chi connectivity index (χ4n) is 1.95. The van der Waals surface area contributed by atoms with E-state index in [-0.39, 0.29) is 0 Å². The van der Waals surface area contributed by atoms with Crippen molar-refractivity contribution in [3.8, 4) is 0 Å². The lowest BCUT2D eigenvalue weighted by molar-refractivity contribution is -0.156. The van der Waals surface area contributed by atoms with Gasteiger partial charge in [-0.2, -0.15) is 0 Å². The van der Waals surface area contributed by atoms with E-state index < -0.39 is 17.6 Å². The predicted octanol–water partition coefficient (Wildman–Crippen LogP) is 0.328. The van der Waals surface area contributed by atoms with Gasteiger partial charge in [-0.05, 0) is 20.8 Å². The highest BCUT2D eigenvalue weighted by Crippen LogP contribution is 2.18. The first kappa shape index (κ1) is 13.0. The number of imidazole rings is 1. The van der Waals surface area contributed by atoms with Crippen molar-refractivity contribution < 1.29 is 9.53 Å². The van der Waals surface area contributed by atoms with Crippen molar-refractivity contribution >= 4 is 5.97 Å². The van der Waals surface area contributed by atoms with E-state index in [1.165, 1.54) is 0 Å². The highest BCUT2D eigenvalue weighted by Gasteiger charge is 2.28. The smallest absolute Gasteiger partial charge is 0.331 e. The highest BCUT2D eigenvalue weighted by atomic mass is 16.6. The topological polar surface area (TPSA) is 82.2 Å². The van der Waals surface area contributed by atoms with Gasteiger partial charge in [0, 0.05) is 25.8 Å². The second-order valence-electron chi connectivity index (χ2n) is 5.45. The number of hydrogen-bond donors (Lipinski definition) is 2. The molecule has 6 nitrogen and oxygen atoms in total. The van der Waals surface area contributed by atoms with Gasteiger partial charge in [0.05, 0.1) is 5.69 Å². The molecule has 1 aromatic heterocycles. The summed E-state index contributed by atoms with van der Waals surface area (Å²) in [6.07, 6.45) is 1.76. The van der Waals surface area contributed by atoms with Crippen molar-refractivity contribution in [2.45, 2.75) is 45.5 Å². The van der Waals surface area contributed by atoms with E-state index in [1.54, 1.807) is 6.20 Å². The Balaban J connectivity index is 2.16. The van der Waals surface area contributed by atoms with Gasteiger partial charge in [0.2, 0.25) is 0 Å². The van der Waals surface area contributed by atoms with Crippen molar-refractivity contribution in [3.63, 3.8) is 0 Å². The lowest BCUT2D eigenvalue weighted by Gasteiger charge is -2.23. The Hall–Kier alpha value is -1.40. The average molecular weight is 252 g/mol. The lowest BCUT2D eigenvalue weighted by Crippen LogP contribution is -2.35. The van der Waals surface area contributed by atoms with Crippen LogP contribution in [0.15, 0.2) is 6.20 Å². The highest BCUT2D eigenvalue weighted by molar-refractivity contribution is 5.76. The number of aromatic nitrogens is 2. The molecule has 1 atom stereocenters. The molecule has 0 fully saturated rings. The molecule has 0 saturated carbocycles. The SMILES string of the molecule is CC(C)(C)OC(=O)C(N)c1ncc2n1CCNC2. The fraction of sp³-hybridized carbons (Fsp3) is 0.667. The van der Waals surface area contributed by atoms with Gasteiger partial charge < -0.3 is 20.4 Å². The lowest BCUT2D eigenvalue weighted by atomic mass is 10.2. The Morgan fingerprint density at radius 3 is 3.00 bits per heavy atom. The van der Waals surface area contributed by atoms with Crippen molar-refractivity contribution in [2.24, 2.45) is 5.73 Å². The Morgan fingerprint density at radius 2 is 2.33 bits per heavy atom. The van der Waals surface area contributed by atoms with Gasteiger partial charge in [-0.3, -0.25) is 0 Å². The van der Waals surface area contributed by atoms with Crippen LogP contribution in [0.5, 0.6) is 0 Å². The zero-order valence-corrected chi connectivity index (χ0v) is 11.1. The molecule has 2 heterocycles. The third kappa shape index (κ3) is 2.70. The number of carbonyl (C=O) groups excluding carboxylic acids is 1. The third-order valence-electron chi connectivity index (χ3n) is 2.73. The van der Waals surface area contributed by atoms with E-state index >= 15 is 0 Å². The molecule has 0 aliphatic carbocycles. The van der Waals surface area contributed by atoms with E-state index in [4.69, 9.17) is 10.5 Å². The zero-order chi connectivity index (χ0) is 13.3. The number of esters is 1. The molecule has 6 heteroatoms. The maximum atomic E-state index is 11.9. The maximum absolute atomic E-state index is 11.9. The van der Waals surface area contributed by atoms with Gasteiger partial charge in [0.15, 0.2) is 6.04 Å². The second-order valence-corrected chi connectivity index (χ2v) is 5.45. The molecule has 18 heavy (non-hydrogen) atoms. The molecule has 0 amide bonds. The summed E-state index contributed by atoms with van der Waals surface area (Å²) in [4.78, 5) is 16.2. The molecule has 2 rings (SSSR count). The van der Waals surface area contributed by atoms with E-state index in [0.717, 1.165) is 25.3 Å². The molecule has 1 unspecified atom stereocenters. The number of nitrogens with zero attached hydrogens (tertiary/aromatic N) is 2. The molecule has 1 aliphatic heterocycles. The molecule has 0 saturated heterocycles. The monoisotopic (exact) mass is 252 g/mol. The van der Waals surface area contributed by atoms with Crippen LogP contribution in [0.1, 0.15) is 38.3 Å². The van der Waals surface area contributed by atoms with E-state index in [2.05, 4.69) is 10.3 Å². The Labute approximate surface area is 107 Å². The number of hydrogen-bond acceptors (Lipinski definition) is 5. The number of carbonyl (C=O) groups is 1. The zero-order valence-electron chi connectivity index (χ0n) is 11.1. The fourth-order valence-corrected chi connectivity index (χ4v) is 1.95. The van der Waals surface area contributed by atoms with Crippen molar-refractivity contribution in [3.05, 3.63) is 17.7 Å². The van der Waals surface area contributed by atoms with E-state index in [0.29, 0.717) is 5.82 Å². The van der Waals surface area contributed by atoms with Gasteiger partial charge >= 0.3 is 5.97 Å². The van der Waals surface area contributed by atoms with Gasteiger partial charge in [-0.25, -0.2) is 9.78 Å². The van der Waals surface area contributed by atoms with Crippen LogP contribution >= 0.6 is 0 Å². The summed E-state index contributed by atoms with van der Waals surface area (Å²) in [6, 6.07) is -0.823. The minimum atomic E-state index is -0.823. The molecule has 0 bridgehead atoms. The molecule has 100 valence electrons. The minimum Gasteiger partial charge on any atom is -0.458 e. The van der Waals surface area contributed by atoms with Crippen LogP contribution in [0, 0.1) is 0 Å². The van der Waals surface area contributed by atoms with Crippen LogP contribution in [0.3, 0.4) is 0 Å². The molecule has 0 aromatic carbocycles. The summed E-state index contributed by atoms with van der Waals surface area (Å²) in [5.74, 6) is 0.148. The first-order valence-electron chi connectivity index (χ1n) is 6.12. The quantitative estimate of drug-likeness (QED) is 0.741. The van der Waals surface area contributed by atoms with Crippen LogP contribution < -0.4 is 11.1 Å². The van der Waals surface area contributed by atoms with Crippen molar-refractivity contribution in [1.29, 1.82) is 0 Å². The number of rotatable bonds is 2. The van der Waals surface area contributed by atoms with Crippen LogP contribution in [0.25, 0.3) is 0 Å². The summed E-state index contributed by atoms with van der Waals surface area (Å²) >= 11 is 0. The second kappa shape index (κ2) is 4.70. The Bertz CT molecular complexity index is 447. The molecule has 3 N–H and O–H groups in total. The number of ether oxygens (including phenoxy) is 1. The Morgan fingerprint density at radius 1 is 1.61 bits per heavy atom. The molecule has 0 spiro atoms. The summed E-state index contributed by atoms with van der Waals surface area (Å²) in [6.45, 7) is 7.86. The normalized spacial score (nSPS) is 17.1. The predicted molar refractivity (Wildman–Crippen MR) is 66.7 cm³/mol. The molecular formula is C12H20N4O2. The molecule has 1 aliphatic rings. The summed E-state index contributed by atoms with van der Waals surface area (Å²) < 4.78 is 7.27. The van der Waals surface area contributed by atoms with Gasteiger partial charge in [0.25, 0.3) is 0 Å². The standard InChI is InChI=1S/C12H20N4O2/c1-12(2,3)18-11(17)9(13)10-15-7-8-6-14-4-5-16(8)10/h7,9,14H,4-6,13H2,1-3H3. The van der Waals surface area contributed by atoms with E-state index in [9.17, 15) is 4.79 Å². The average Bonchev–Trinajstić information content (AvgIpc) is 2.69. The summed E-state index contributed by atoms with van der Waals surface area (Å²) in [5.41, 5.74) is 6.45. The summed E-state index contributed by atoms with van der Waals surface area (Å²) in [7, 11) is 0. The van der Waals surface area contributed by atoms with Crippen LogP contribution in [-0.2, 0) is 22.6 Å². The number of nitrogens with one attached hydrogen (secondary N) is 1. The van der Waals surface area contributed by atoms with Gasteiger partial charge in [-0.1, -0.05) is 0 Å². The number of nitrogens with two attached hydrogens (primary N) is 1. The van der Waals surface area contributed by atoms with Crippen molar-refractivity contribution in [2.75, 3.05) is 6.54 Å². The summed E-state index contributed by atoms with van der Waals surface area (Å²) in [5, 5.41) is 3.24. The van der Waals surface area contributed by atoms with Crippen LogP contribution in [0.4, 0.5) is 0 Å². The first-order valence-corrected chi connectivity index (χ1v) is 6.12. The Kier molecular flexibility index (Phi) is 3.41. The molecular weight excluding hydrogens is 232 g/mol. The molecule has 1 aromatic rings. The van der Waals surface area contributed by atoms with Gasteiger partial charge in [0.1, 0.15) is 11.4 Å². The van der Waals surface area contributed by atoms with Crippen LogP contribution in [-0.4, -0.2) is 27.7 Å². The first-order chi connectivity index (χ1) is 8.38. The van der Waals surface area contributed by atoms with Crippen molar-refractivity contribution in [1.82, 2.24) is 14.9 Å². The van der Waals surface area contributed by atoms with Crippen LogP contribution in [0.2, 0.25) is 0 Å². The van der Waals surface area contributed by atoms with E-state index in [1.807, 2.05) is 25.3 Å². The third-order valence-corrected chi connectivity index (χ3v) is 2.73. The number of fused-ring (bicyclic) bond motifs is 1. The van der Waals surface area contributed by atoms with Gasteiger partial charge in [-0.15, -0.1) is 0 Å².